The fourth-order valence-electron chi connectivity index (χ4n) is 7.42. The molecule has 1 aromatic heterocycles. The van der Waals surface area contributed by atoms with Crippen LogP contribution in [0.25, 0.3) is 0 Å². The number of aromatic nitrogens is 2. The van der Waals surface area contributed by atoms with Crippen molar-refractivity contribution in [2.45, 2.75) is 232 Å². The Morgan fingerprint density at radius 1 is 0.426 bits per heavy atom. The zero-order valence-electron chi connectivity index (χ0n) is 32.0. The number of nitrogens with zero attached hydrogens (tertiary/aromatic N) is 2. The number of aryl methyl sites for hydroxylation is 3. The third kappa shape index (κ3) is 23.4. The molecule has 0 saturated heterocycles. The molecule has 2 aromatic rings. The second-order valence-electron chi connectivity index (χ2n) is 15.0. The lowest BCUT2D eigenvalue weighted by molar-refractivity contribution is -0.704. The van der Waals surface area contributed by atoms with E-state index in [0.29, 0.717) is 0 Å². The normalized spacial score (nSPS) is 11.5. The minimum absolute atomic E-state index is 1.15. The standard InChI is InChI=1S/C45H81N2/c1-3-5-7-9-11-13-15-17-18-19-20-21-23-25-27-29-34-40-46-42-43-47(41-35-38-44-36-31-30-32-37-44)45(46)39-33-28-26-24-22-16-14-12-10-8-6-4-2/h30-32,36-37,42-43H,3-29,33-35,38-41H2,1-2H3/q+1. The first kappa shape index (κ1) is 41.6. The lowest BCUT2D eigenvalue weighted by atomic mass is 10.0. The van der Waals surface area contributed by atoms with Crippen LogP contribution in [0.4, 0.5) is 0 Å². The number of hydrogen-bond acceptors (Lipinski definition) is 0. The summed E-state index contributed by atoms with van der Waals surface area (Å²) in [5, 5.41) is 0. The van der Waals surface area contributed by atoms with E-state index >= 15 is 0 Å². The Kier molecular flexibility index (Phi) is 28.0. The molecule has 47 heavy (non-hydrogen) atoms. The Hall–Kier alpha value is -1.57. The molecule has 0 atom stereocenters. The van der Waals surface area contributed by atoms with Crippen LogP contribution in [0, 0.1) is 0 Å². The number of benzene rings is 1. The van der Waals surface area contributed by atoms with Crippen LogP contribution in [-0.2, 0) is 25.9 Å². The SMILES string of the molecule is CCCCCCCCCCCCCCCCCCCn1cc[n+](CCCc2ccccc2)c1CCCCCCCCCCCCCC. The number of unbranched alkanes of at least 4 members (excludes halogenated alkanes) is 27. The molecule has 2 rings (SSSR count). The first-order valence-electron chi connectivity index (χ1n) is 21.5. The van der Waals surface area contributed by atoms with Gasteiger partial charge in [-0.05, 0) is 37.7 Å². The summed E-state index contributed by atoms with van der Waals surface area (Å²) in [6.45, 7) is 6.97. The molecule has 0 unspecified atom stereocenters. The molecule has 270 valence electrons. The monoisotopic (exact) mass is 650 g/mol. The van der Waals surface area contributed by atoms with Crippen molar-refractivity contribution in [1.82, 2.24) is 4.57 Å². The van der Waals surface area contributed by atoms with E-state index in [9.17, 15) is 0 Å². The van der Waals surface area contributed by atoms with Gasteiger partial charge in [0.15, 0.2) is 0 Å². The van der Waals surface area contributed by atoms with Gasteiger partial charge in [0, 0.05) is 6.42 Å². The van der Waals surface area contributed by atoms with Crippen LogP contribution >= 0.6 is 0 Å². The Morgan fingerprint density at radius 2 is 0.830 bits per heavy atom. The summed E-state index contributed by atoms with van der Waals surface area (Å²) < 4.78 is 5.21. The number of hydrogen-bond donors (Lipinski definition) is 0. The minimum atomic E-state index is 1.15. The summed E-state index contributed by atoms with van der Waals surface area (Å²) >= 11 is 0. The molecule has 0 spiro atoms. The van der Waals surface area contributed by atoms with Crippen molar-refractivity contribution in [2.24, 2.45) is 0 Å². The summed E-state index contributed by atoms with van der Waals surface area (Å²) in [6.07, 6.45) is 50.1. The molecule has 2 nitrogen and oxygen atoms in total. The topological polar surface area (TPSA) is 8.81 Å². The highest BCUT2D eigenvalue weighted by atomic mass is 15.1. The first-order valence-corrected chi connectivity index (χ1v) is 21.5. The average molecular weight is 650 g/mol. The molecule has 2 heteroatoms. The molecule has 0 fully saturated rings. The Bertz CT molecular complexity index is 900. The second kappa shape index (κ2) is 31.7. The highest BCUT2D eigenvalue weighted by Crippen LogP contribution is 2.16. The van der Waals surface area contributed by atoms with Gasteiger partial charge in [0.1, 0.15) is 12.4 Å². The van der Waals surface area contributed by atoms with E-state index in [1.54, 1.807) is 5.82 Å². The molecule has 0 amide bonds. The van der Waals surface area contributed by atoms with Gasteiger partial charge in [-0.15, -0.1) is 0 Å². The maximum Gasteiger partial charge on any atom is 0.256 e. The van der Waals surface area contributed by atoms with Gasteiger partial charge in [0.05, 0.1) is 13.1 Å². The highest BCUT2D eigenvalue weighted by Gasteiger charge is 2.16. The predicted molar refractivity (Wildman–Crippen MR) is 208 cm³/mol. The molecule has 0 radical (unpaired) electrons. The molecule has 0 aliphatic heterocycles. The minimum Gasteiger partial charge on any atom is -0.234 e. The molecule has 1 heterocycles. The third-order valence-corrected chi connectivity index (χ3v) is 10.6. The number of imidazole rings is 1. The summed E-state index contributed by atoms with van der Waals surface area (Å²) in [4.78, 5) is 0. The Labute approximate surface area is 294 Å². The van der Waals surface area contributed by atoms with Crippen molar-refractivity contribution in [2.75, 3.05) is 0 Å². The van der Waals surface area contributed by atoms with Crippen LogP contribution in [0.1, 0.15) is 218 Å². The summed E-state index contributed by atoms with van der Waals surface area (Å²) in [7, 11) is 0. The first-order chi connectivity index (χ1) is 23.3. The molecular weight excluding hydrogens is 569 g/mol. The lowest BCUT2D eigenvalue weighted by Gasteiger charge is -2.07. The van der Waals surface area contributed by atoms with Gasteiger partial charge in [-0.1, -0.05) is 211 Å². The predicted octanol–water partition coefficient (Wildman–Crippen LogP) is 14.3. The fourth-order valence-corrected chi connectivity index (χ4v) is 7.42. The van der Waals surface area contributed by atoms with Crippen LogP contribution in [0.2, 0.25) is 0 Å². The van der Waals surface area contributed by atoms with Gasteiger partial charge in [0.2, 0.25) is 0 Å². The number of rotatable bonds is 35. The van der Waals surface area contributed by atoms with Gasteiger partial charge in [-0.25, -0.2) is 9.13 Å². The van der Waals surface area contributed by atoms with Crippen molar-refractivity contribution >= 4 is 0 Å². The van der Waals surface area contributed by atoms with Crippen molar-refractivity contribution in [1.29, 1.82) is 0 Å². The van der Waals surface area contributed by atoms with E-state index in [1.807, 2.05) is 0 Å². The van der Waals surface area contributed by atoms with E-state index in [0.717, 1.165) is 6.54 Å². The molecular formula is C45H81N2+. The van der Waals surface area contributed by atoms with Crippen molar-refractivity contribution < 1.29 is 4.57 Å². The van der Waals surface area contributed by atoms with Crippen LogP contribution in [0.15, 0.2) is 42.7 Å². The molecule has 1 aromatic carbocycles. The molecule has 0 aliphatic carbocycles. The van der Waals surface area contributed by atoms with E-state index in [-0.39, 0.29) is 0 Å². The van der Waals surface area contributed by atoms with Crippen LogP contribution in [0.5, 0.6) is 0 Å². The van der Waals surface area contributed by atoms with Crippen molar-refractivity contribution in [3.05, 3.63) is 54.1 Å². The van der Waals surface area contributed by atoms with E-state index in [4.69, 9.17) is 0 Å². The summed E-state index contributed by atoms with van der Waals surface area (Å²) in [5.41, 5.74) is 1.47. The van der Waals surface area contributed by atoms with Crippen molar-refractivity contribution in [3.63, 3.8) is 0 Å². The zero-order chi connectivity index (χ0) is 33.3. The Morgan fingerprint density at radius 3 is 1.28 bits per heavy atom. The van der Waals surface area contributed by atoms with Gasteiger partial charge in [0.25, 0.3) is 5.82 Å². The van der Waals surface area contributed by atoms with Gasteiger partial charge in [-0.3, -0.25) is 0 Å². The molecule has 0 bridgehead atoms. The van der Waals surface area contributed by atoms with E-state index < -0.39 is 0 Å². The smallest absolute Gasteiger partial charge is 0.234 e. The van der Waals surface area contributed by atoms with Crippen LogP contribution in [0.3, 0.4) is 0 Å². The maximum absolute atomic E-state index is 2.62. The van der Waals surface area contributed by atoms with Gasteiger partial charge < -0.3 is 0 Å². The fraction of sp³-hybridized carbons (Fsp3) is 0.800. The molecule has 0 N–H and O–H groups in total. The average Bonchev–Trinajstić information content (AvgIpc) is 3.48. The largest absolute Gasteiger partial charge is 0.256 e. The lowest BCUT2D eigenvalue weighted by Crippen LogP contribution is -2.37. The summed E-state index contributed by atoms with van der Waals surface area (Å²) in [6, 6.07) is 11.0. The second-order valence-corrected chi connectivity index (χ2v) is 15.0. The quantitative estimate of drug-likeness (QED) is 0.0519. The zero-order valence-corrected chi connectivity index (χ0v) is 32.0. The summed E-state index contributed by atoms with van der Waals surface area (Å²) in [5.74, 6) is 1.58. The molecule has 0 aliphatic rings. The van der Waals surface area contributed by atoms with Crippen molar-refractivity contribution in [3.8, 4) is 0 Å². The van der Waals surface area contributed by atoms with Crippen LogP contribution in [-0.4, -0.2) is 4.57 Å². The molecule has 0 saturated carbocycles. The Balaban J connectivity index is 1.57. The highest BCUT2D eigenvalue weighted by molar-refractivity contribution is 5.14. The van der Waals surface area contributed by atoms with Gasteiger partial charge >= 0.3 is 0 Å². The van der Waals surface area contributed by atoms with Crippen LogP contribution < -0.4 is 4.57 Å². The third-order valence-electron chi connectivity index (χ3n) is 10.6. The maximum atomic E-state index is 2.62. The van der Waals surface area contributed by atoms with E-state index in [2.05, 4.69) is 65.7 Å². The van der Waals surface area contributed by atoms with E-state index in [1.165, 1.54) is 218 Å². The van der Waals surface area contributed by atoms with Gasteiger partial charge in [-0.2, -0.15) is 0 Å².